The van der Waals surface area contributed by atoms with Gasteiger partial charge < -0.3 is 9.47 Å². The zero-order valence-electron chi connectivity index (χ0n) is 13.3. The lowest BCUT2D eigenvalue weighted by atomic mass is 10.2. The first-order valence-electron chi connectivity index (χ1n) is 7.50. The zero-order chi connectivity index (χ0) is 16.4. The number of hydrazine groups is 1. The number of hydrogen-bond acceptors (Lipinski definition) is 4. The van der Waals surface area contributed by atoms with E-state index in [0.717, 1.165) is 6.42 Å². The van der Waals surface area contributed by atoms with Crippen LogP contribution in [0.1, 0.15) is 44.0 Å². The molecule has 1 aromatic rings. The number of hydrogen-bond donors (Lipinski definition) is 2. The van der Waals surface area contributed by atoms with E-state index in [9.17, 15) is 9.59 Å². The van der Waals surface area contributed by atoms with Gasteiger partial charge in [0.05, 0.1) is 19.1 Å². The highest BCUT2D eigenvalue weighted by molar-refractivity contribution is 5.95. The Labute approximate surface area is 131 Å². The molecule has 0 aliphatic rings. The van der Waals surface area contributed by atoms with E-state index in [2.05, 4.69) is 10.9 Å². The molecule has 0 aromatic heterocycles. The van der Waals surface area contributed by atoms with Crippen LogP contribution in [0.2, 0.25) is 0 Å². The fourth-order valence-electron chi connectivity index (χ4n) is 1.60. The molecule has 122 valence electrons. The van der Waals surface area contributed by atoms with Crippen LogP contribution in [-0.4, -0.2) is 31.1 Å². The summed E-state index contributed by atoms with van der Waals surface area (Å²) in [7, 11) is 0. The lowest BCUT2D eigenvalue weighted by Gasteiger charge is -2.13. The zero-order valence-corrected chi connectivity index (χ0v) is 13.3. The first-order chi connectivity index (χ1) is 10.6. The maximum atomic E-state index is 12.0. The first kappa shape index (κ1) is 18.0. The Morgan fingerprint density at radius 2 is 2.00 bits per heavy atom. The van der Waals surface area contributed by atoms with Crippen LogP contribution in [-0.2, 0) is 9.53 Å². The van der Waals surface area contributed by atoms with Crippen LogP contribution in [0, 0.1) is 0 Å². The van der Waals surface area contributed by atoms with Gasteiger partial charge >= 0.3 is 0 Å². The summed E-state index contributed by atoms with van der Waals surface area (Å²) < 4.78 is 10.7. The Hall–Kier alpha value is -2.08. The van der Waals surface area contributed by atoms with Gasteiger partial charge in [-0.3, -0.25) is 20.4 Å². The van der Waals surface area contributed by atoms with Gasteiger partial charge in [0.15, 0.2) is 0 Å². The highest BCUT2D eigenvalue weighted by Gasteiger charge is 2.09. The van der Waals surface area contributed by atoms with Gasteiger partial charge in [-0.15, -0.1) is 0 Å². The number of nitrogens with one attached hydrogen (secondary N) is 2. The third-order valence-electron chi connectivity index (χ3n) is 3.00. The van der Waals surface area contributed by atoms with Gasteiger partial charge in [-0.1, -0.05) is 13.0 Å². The van der Waals surface area contributed by atoms with Crippen molar-refractivity contribution < 1.29 is 19.1 Å². The summed E-state index contributed by atoms with van der Waals surface area (Å²) in [5, 5.41) is 0. The van der Waals surface area contributed by atoms with Crippen molar-refractivity contribution in [3.05, 3.63) is 29.8 Å². The quantitative estimate of drug-likeness (QED) is 0.569. The molecule has 22 heavy (non-hydrogen) atoms. The second-order valence-corrected chi connectivity index (χ2v) is 4.81. The average molecular weight is 308 g/mol. The lowest BCUT2D eigenvalue weighted by molar-refractivity contribution is -0.122. The van der Waals surface area contributed by atoms with Gasteiger partial charge in [0.1, 0.15) is 5.75 Å². The van der Waals surface area contributed by atoms with Crippen molar-refractivity contribution in [2.75, 3.05) is 13.2 Å². The van der Waals surface area contributed by atoms with Crippen molar-refractivity contribution in [3.8, 4) is 5.75 Å². The fourth-order valence-corrected chi connectivity index (χ4v) is 1.60. The van der Waals surface area contributed by atoms with Crippen molar-refractivity contribution in [2.45, 2.75) is 39.7 Å². The minimum Gasteiger partial charge on any atom is -0.491 e. The van der Waals surface area contributed by atoms with Gasteiger partial charge in [0.25, 0.3) is 5.91 Å². The second kappa shape index (κ2) is 9.78. The van der Waals surface area contributed by atoms with Gasteiger partial charge in [0, 0.05) is 12.2 Å². The van der Waals surface area contributed by atoms with Crippen molar-refractivity contribution in [1.82, 2.24) is 10.9 Å². The van der Waals surface area contributed by atoms with Crippen LogP contribution in [0.15, 0.2) is 24.3 Å². The van der Waals surface area contributed by atoms with Crippen LogP contribution in [0.5, 0.6) is 5.75 Å². The third-order valence-corrected chi connectivity index (χ3v) is 3.00. The monoisotopic (exact) mass is 308 g/mol. The Morgan fingerprint density at radius 3 is 2.68 bits per heavy atom. The van der Waals surface area contributed by atoms with Crippen LogP contribution >= 0.6 is 0 Å². The van der Waals surface area contributed by atoms with Gasteiger partial charge in [-0.25, -0.2) is 0 Å². The van der Waals surface area contributed by atoms with E-state index in [-0.39, 0.29) is 24.3 Å². The minimum absolute atomic E-state index is 0.0802. The molecule has 1 aromatic carbocycles. The molecule has 0 saturated heterocycles. The van der Waals surface area contributed by atoms with Crippen LogP contribution in [0.25, 0.3) is 0 Å². The molecule has 0 heterocycles. The number of amides is 2. The Kier molecular flexibility index (Phi) is 7.99. The predicted molar refractivity (Wildman–Crippen MR) is 83.5 cm³/mol. The predicted octanol–water partition coefficient (Wildman–Crippen LogP) is 2.05. The molecule has 0 saturated carbocycles. The SMILES string of the molecule is CCOCCC(=O)NNC(=O)c1cccc(OC(C)CC)c1. The highest BCUT2D eigenvalue weighted by atomic mass is 16.5. The number of ether oxygens (including phenoxy) is 2. The average Bonchev–Trinajstić information content (AvgIpc) is 2.53. The molecule has 6 heteroatoms. The molecular formula is C16H24N2O4. The highest BCUT2D eigenvalue weighted by Crippen LogP contribution is 2.15. The Balaban J connectivity index is 2.48. The molecule has 2 N–H and O–H groups in total. The van der Waals surface area contributed by atoms with Gasteiger partial charge in [-0.2, -0.15) is 0 Å². The normalized spacial score (nSPS) is 11.6. The molecular weight excluding hydrogens is 284 g/mol. The number of rotatable bonds is 8. The summed E-state index contributed by atoms with van der Waals surface area (Å²) in [5.74, 6) is -0.0576. The molecule has 0 spiro atoms. The van der Waals surface area contributed by atoms with E-state index in [0.29, 0.717) is 24.5 Å². The molecule has 0 radical (unpaired) electrons. The molecule has 0 aliphatic carbocycles. The smallest absolute Gasteiger partial charge is 0.269 e. The van der Waals surface area contributed by atoms with Gasteiger partial charge in [-0.05, 0) is 38.5 Å². The van der Waals surface area contributed by atoms with Crippen LogP contribution < -0.4 is 15.6 Å². The molecule has 2 amide bonds. The largest absolute Gasteiger partial charge is 0.491 e. The summed E-state index contributed by atoms with van der Waals surface area (Å²) >= 11 is 0. The maximum absolute atomic E-state index is 12.0. The molecule has 1 rings (SSSR count). The summed E-state index contributed by atoms with van der Waals surface area (Å²) in [6, 6.07) is 6.84. The summed E-state index contributed by atoms with van der Waals surface area (Å²) in [4.78, 5) is 23.4. The molecule has 0 bridgehead atoms. The van der Waals surface area contributed by atoms with E-state index in [1.54, 1.807) is 24.3 Å². The van der Waals surface area contributed by atoms with Crippen molar-refractivity contribution in [1.29, 1.82) is 0 Å². The Morgan fingerprint density at radius 1 is 1.23 bits per heavy atom. The molecule has 1 unspecified atom stereocenters. The molecule has 6 nitrogen and oxygen atoms in total. The third kappa shape index (κ3) is 6.58. The van der Waals surface area contributed by atoms with Crippen molar-refractivity contribution in [2.24, 2.45) is 0 Å². The number of carbonyl (C=O) groups excluding carboxylic acids is 2. The second-order valence-electron chi connectivity index (χ2n) is 4.81. The number of carbonyl (C=O) groups is 2. The summed E-state index contributed by atoms with van der Waals surface area (Å²) in [6.07, 6.45) is 1.16. The van der Waals surface area contributed by atoms with E-state index in [1.165, 1.54) is 0 Å². The summed E-state index contributed by atoms with van der Waals surface area (Å²) in [6.45, 7) is 6.73. The number of benzene rings is 1. The lowest BCUT2D eigenvalue weighted by Crippen LogP contribution is -2.41. The summed E-state index contributed by atoms with van der Waals surface area (Å²) in [5.41, 5.74) is 5.14. The van der Waals surface area contributed by atoms with Crippen molar-refractivity contribution in [3.63, 3.8) is 0 Å². The maximum Gasteiger partial charge on any atom is 0.269 e. The van der Waals surface area contributed by atoms with Gasteiger partial charge in [0.2, 0.25) is 5.91 Å². The molecule has 1 atom stereocenters. The first-order valence-corrected chi connectivity index (χ1v) is 7.50. The van der Waals surface area contributed by atoms with E-state index < -0.39 is 0 Å². The van der Waals surface area contributed by atoms with Crippen molar-refractivity contribution >= 4 is 11.8 Å². The molecule has 0 fully saturated rings. The Bertz CT molecular complexity index is 491. The van der Waals surface area contributed by atoms with Crippen LogP contribution in [0.3, 0.4) is 0 Å². The fraction of sp³-hybridized carbons (Fsp3) is 0.500. The molecule has 0 aliphatic heterocycles. The standard InChI is InChI=1S/C16H24N2O4/c1-4-12(3)22-14-8-6-7-13(11-14)16(20)18-17-15(19)9-10-21-5-2/h6-8,11-12H,4-5,9-10H2,1-3H3,(H,17,19)(H,18,20). The van der Waals surface area contributed by atoms with E-state index in [4.69, 9.17) is 9.47 Å². The minimum atomic E-state index is -0.389. The van der Waals surface area contributed by atoms with E-state index >= 15 is 0 Å². The van der Waals surface area contributed by atoms with E-state index in [1.807, 2.05) is 20.8 Å². The van der Waals surface area contributed by atoms with Crippen LogP contribution in [0.4, 0.5) is 0 Å². The topological polar surface area (TPSA) is 76.7 Å².